The predicted molar refractivity (Wildman–Crippen MR) is 121 cm³/mol. The molecule has 1 aliphatic rings. The highest BCUT2D eigenvalue weighted by Gasteiger charge is 2.32. The van der Waals surface area contributed by atoms with Crippen LogP contribution < -0.4 is 0 Å². The lowest BCUT2D eigenvalue weighted by molar-refractivity contribution is -0.131. The first-order valence-electron chi connectivity index (χ1n) is 9.69. The van der Waals surface area contributed by atoms with Gasteiger partial charge in [0.25, 0.3) is 0 Å². The number of aromatic nitrogens is 3. The number of piperazine rings is 1. The molecule has 5 heterocycles. The van der Waals surface area contributed by atoms with Crippen molar-refractivity contribution in [2.24, 2.45) is 0 Å². The SMILES string of the molecule is O=C(Cc1csc(-c2ccsc2)n1)N1CCN(S(=O)(=O)c2c[nH]c3ncccc23)CC1. The van der Waals surface area contributed by atoms with Crippen LogP contribution in [0.5, 0.6) is 0 Å². The highest BCUT2D eigenvalue weighted by atomic mass is 32.2. The Morgan fingerprint density at radius 2 is 2.00 bits per heavy atom. The number of nitrogens with zero attached hydrogens (tertiary/aromatic N) is 4. The van der Waals surface area contributed by atoms with Gasteiger partial charge >= 0.3 is 0 Å². The van der Waals surface area contributed by atoms with Crippen LogP contribution in [0, 0.1) is 0 Å². The highest BCUT2D eigenvalue weighted by Crippen LogP contribution is 2.27. The van der Waals surface area contributed by atoms with E-state index in [1.807, 2.05) is 22.2 Å². The lowest BCUT2D eigenvalue weighted by Crippen LogP contribution is -2.50. The summed E-state index contributed by atoms with van der Waals surface area (Å²) in [5.41, 5.74) is 2.36. The van der Waals surface area contributed by atoms with Gasteiger partial charge in [-0.3, -0.25) is 4.79 Å². The van der Waals surface area contributed by atoms with Crippen molar-refractivity contribution in [1.29, 1.82) is 0 Å². The summed E-state index contributed by atoms with van der Waals surface area (Å²) >= 11 is 3.14. The van der Waals surface area contributed by atoms with Gasteiger partial charge in [-0.2, -0.15) is 15.6 Å². The molecule has 1 fully saturated rings. The highest BCUT2D eigenvalue weighted by molar-refractivity contribution is 7.89. The molecule has 31 heavy (non-hydrogen) atoms. The number of aromatic amines is 1. The summed E-state index contributed by atoms with van der Waals surface area (Å²) in [5.74, 6) is -0.0319. The van der Waals surface area contributed by atoms with Crippen molar-refractivity contribution in [3.63, 3.8) is 0 Å². The Morgan fingerprint density at radius 3 is 2.77 bits per heavy atom. The van der Waals surface area contributed by atoms with Crippen LogP contribution in [-0.4, -0.2) is 64.7 Å². The van der Waals surface area contributed by atoms with Crippen molar-refractivity contribution in [2.75, 3.05) is 26.2 Å². The van der Waals surface area contributed by atoms with Crippen LogP contribution in [0.3, 0.4) is 0 Å². The summed E-state index contributed by atoms with van der Waals surface area (Å²) in [6.45, 7) is 1.25. The number of carbonyl (C=O) groups excluding carboxylic acids is 1. The predicted octanol–water partition coefficient (Wildman–Crippen LogP) is 2.82. The molecule has 160 valence electrons. The zero-order chi connectivity index (χ0) is 21.4. The van der Waals surface area contributed by atoms with Crippen LogP contribution in [0.2, 0.25) is 0 Å². The number of sulfonamides is 1. The summed E-state index contributed by atoms with van der Waals surface area (Å²) in [5, 5.41) is 7.44. The van der Waals surface area contributed by atoms with Crippen molar-refractivity contribution in [1.82, 2.24) is 24.2 Å². The van der Waals surface area contributed by atoms with E-state index < -0.39 is 10.0 Å². The molecule has 1 aliphatic heterocycles. The lowest BCUT2D eigenvalue weighted by Gasteiger charge is -2.33. The average molecular weight is 474 g/mol. The molecule has 4 aromatic rings. The minimum atomic E-state index is -3.66. The molecule has 0 atom stereocenters. The van der Waals surface area contributed by atoms with E-state index in [-0.39, 0.29) is 30.3 Å². The molecule has 8 nitrogen and oxygen atoms in total. The molecule has 0 spiro atoms. The van der Waals surface area contributed by atoms with E-state index >= 15 is 0 Å². The summed E-state index contributed by atoms with van der Waals surface area (Å²) < 4.78 is 27.7. The van der Waals surface area contributed by atoms with Gasteiger partial charge in [0.15, 0.2) is 0 Å². The molecular formula is C20H19N5O3S3. The zero-order valence-corrected chi connectivity index (χ0v) is 18.8. The quantitative estimate of drug-likeness (QED) is 0.481. The van der Waals surface area contributed by atoms with Crippen LogP contribution >= 0.6 is 22.7 Å². The van der Waals surface area contributed by atoms with Gasteiger partial charge in [0.2, 0.25) is 15.9 Å². The molecule has 5 rings (SSSR count). The minimum Gasteiger partial charge on any atom is -0.345 e. The van der Waals surface area contributed by atoms with Crippen molar-refractivity contribution in [3.05, 3.63) is 52.4 Å². The Bertz CT molecular complexity index is 1320. The summed E-state index contributed by atoms with van der Waals surface area (Å²) in [6.07, 6.45) is 3.32. The Hall–Kier alpha value is -2.60. The van der Waals surface area contributed by atoms with Crippen LogP contribution in [0.25, 0.3) is 21.6 Å². The largest absolute Gasteiger partial charge is 0.345 e. The molecule has 11 heteroatoms. The second-order valence-corrected chi connectivity index (χ2v) is 10.7. The zero-order valence-electron chi connectivity index (χ0n) is 16.4. The number of amides is 1. The number of pyridine rings is 1. The number of rotatable bonds is 5. The molecule has 0 unspecified atom stereocenters. The summed E-state index contributed by atoms with van der Waals surface area (Å²) in [7, 11) is -3.66. The van der Waals surface area contributed by atoms with Crippen LogP contribution in [0.15, 0.2) is 51.6 Å². The van der Waals surface area contributed by atoms with Crippen molar-refractivity contribution < 1.29 is 13.2 Å². The van der Waals surface area contributed by atoms with E-state index in [1.54, 1.807) is 34.6 Å². The van der Waals surface area contributed by atoms with E-state index in [1.165, 1.54) is 21.8 Å². The third-order valence-electron chi connectivity index (χ3n) is 5.27. The van der Waals surface area contributed by atoms with Gasteiger partial charge in [-0.15, -0.1) is 11.3 Å². The molecule has 0 radical (unpaired) electrons. The molecule has 0 bridgehead atoms. The normalized spacial score (nSPS) is 15.5. The topological polar surface area (TPSA) is 99.3 Å². The smallest absolute Gasteiger partial charge is 0.245 e. The minimum absolute atomic E-state index is 0.0319. The van der Waals surface area contributed by atoms with E-state index in [9.17, 15) is 13.2 Å². The molecular weight excluding hydrogens is 454 g/mol. The fourth-order valence-electron chi connectivity index (χ4n) is 3.63. The number of hydrogen-bond donors (Lipinski definition) is 1. The third kappa shape index (κ3) is 3.89. The average Bonchev–Trinajstić information content (AvgIpc) is 3.54. The first-order valence-corrected chi connectivity index (χ1v) is 13.0. The number of thiazole rings is 1. The molecule has 0 aromatic carbocycles. The van der Waals surface area contributed by atoms with Gasteiger partial charge in [-0.25, -0.2) is 18.4 Å². The molecule has 1 saturated heterocycles. The van der Waals surface area contributed by atoms with Gasteiger partial charge in [-0.1, -0.05) is 0 Å². The van der Waals surface area contributed by atoms with E-state index in [4.69, 9.17) is 0 Å². The monoisotopic (exact) mass is 473 g/mol. The molecule has 1 amide bonds. The molecule has 0 saturated carbocycles. The number of fused-ring (bicyclic) bond motifs is 1. The fourth-order valence-corrected chi connectivity index (χ4v) is 6.74. The van der Waals surface area contributed by atoms with E-state index in [0.29, 0.717) is 24.1 Å². The number of nitrogens with one attached hydrogen (secondary N) is 1. The van der Waals surface area contributed by atoms with Crippen LogP contribution in [0.4, 0.5) is 0 Å². The van der Waals surface area contributed by atoms with E-state index in [2.05, 4.69) is 15.0 Å². The van der Waals surface area contributed by atoms with Gasteiger partial charge in [0.1, 0.15) is 15.6 Å². The Kier molecular flexibility index (Phi) is 5.34. The maximum absolute atomic E-state index is 13.1. The number of hydrogen-bond acceptors (Lipinski definition) is 7. The number of thiophene rings is 1. The number of H-pyrrole nitrogens is 1. The maximum Gasteiger partial charge on any atom is 0.245 e. The van der Waals surface area contributed by atoms with Crippen molar-refractivity contribution in [2.45, 2.75) is 11.3 Å². The standard InChI is InChI=1S/C20H19N5O3S3/c26-18(10-15-13-30-20(23-15)14-3-9-29-12-14)24-5-7-25(8-6-24)31(27,28)17-11-22-19-16(17)2-1-4-21-19/h1-4,9,11-13H,5-8,10H2,(H,21,22). The van der Waals surface area contributed by atoms with E-state index in [0.717, 1.165) is 16.3 Å². The summed E-state index contributed by atoms with van der Waals surface area (Å²) in [6, 6.07) is 5.47. The molecule has 4 aromatic heterocycles. The van der Waals surface area contributed by atoms with Gasteiger partial charge in [0.05, 0.1) is 12.1 Å². The first kappa shape index (κ1) is 20.3. The maximum atomic E-state index is 13.1. The Morgan fingerprint density at radius 1 is 1.16 bits per heavy atom. The fraction of sp³-hybridized carbons (Fsp3) is 0.250. The van der Waals surface area contributed by atoms with Crippen LogP contribution in [-0.2, 0) is 21.2 Å². The number of carbonyl (C=O) groups is 1. The molecule has 1 N–H and O–H groups in total. The van der Waals surface area contributed by atoms with Crippen molar-refractivity contribution in [3.8, 4) is 10.6 Å². The van der Waals surface area contributed by atoms with Gasteiger partial charge in [-0.05, 0) is 23.6 Å². The van der Waals surface area contributed by atoms with Gasteiger partial charge in [0, 0.05) is 60.3 Å². The molecule has 0 aliphatic carbocycles. The van der Waals surface area contributed by atoms with Gasteiger partial charge < -0.3 is 9.88 Å². The third-order valence-corrected chi connectivity index (χ3v) is 8.84. The second-order valence-electron chi connectivity index (χ2n) is 7.17. The van der Waals surface area contributed by atoms with Crippen molar-refractivity contribution >= 4 is 49.6 Å². The second kappa shape index (κ2) is 8.15. The van der Waals surface area contributed by atoms with Crippen LogP contribution in [0.1, 0.15) is 5.69 Å². The Labute approximate surface area is 187 Å². The summed E-state index contributed by atoms with van der Waals surface area (Å²) in [4.78, 5) is 26.3. The lowest BCUT2D eigenvalue weighted by atomic mass is 10.2. The Balaban J connectivity index is 1.23. The first-order chi connectivity index (χ1) is 15.0.